The van der Waals surface area contributed by atoms with Crippen molar-refractivity contribution in [3.05, 3.63) is 23.8 Å². The Morgan fingerprint density at radius 2 is 1.80 bits per heavy atom. The molecule has 2 aliphatic rings. The van der Waals surface area contributed by atoms with Crippen molar-refractivity contribution < 1.29 is 14.3 Å². The molecule has 1 aliphatic heterocycles. The summed E-state index contributed by atoms with van der Waals surface area (Å²) >= 11 is 0. The van der Waals surface area contributed by atoms with Gasteiger partial charge >= 0.3 is 0 Å². The summed E-state index contributed by atoms with van der Waals surface area (Å²) in [5, 5.41) is 3.07. The smallest absolute Gasteiger partial charge is 0.251 e. The maximum atomic E-state index is 12.2. The monoisotopic (exact) mass is 276 g/mol. The van der Waals surface area contributed by atoms with Crippen LogP contribution in [0.15, 0.2) is 18.2 Å². The highest BCUT2D eigenvalue weighted by Crippen LogP contribution is 2.30. The van der Waals surface area contributed by atoms with Gasteiger partial charge in [-0.15, -0.1) is 0 Å². The van der Waals surface area contributed by atoms with E-state index in [1.165, 1.54) is 0 Å². The van der Waals surface area contributed by atoms with Crippen molar-refractivity contribution in [3.8, 4) is 11.5 Å². The van der Waals surface area contributed by atoms with Gasteiger partial charge in [-0.05, 0) is 43.9 Å². The zero-order valence-electron chi connectivity index (χ0n) is 11.4. The highest BCUT2D eigenvalue weighted by molar-refractivity contribution is 5.95. The average molecular weight is 276 g/mol. The van der Waals surface area contributed by atoms with Crippen LogP contribution in [0.4, 0.5) is 0 Å². The molecule has 0 unspecified atom stereocenters. The summed E-state index contributed by atoms with van der Waals surface area (Å²) in [5.41, 5.74) is 6.49. The summed E-state index contributed by atoms with van der Waals surface area (Å²) in [5.74, 6) is 1.30. The van der Waals surface area contributed by atoms with Gasteiger partial charge in [0.15, 0.2) is 11.5 Å². The molecule has 3 rings (SSSR count). The molecule has 5 nitrogen and oxygen atoms in total. The third-order valence-corrected chi connectivity index (χ3v) is 3.91. The summed E-state index contributed by atoms with van der Waals surface area (Å²) in [6.07, 6.45) is 3.87. The molecule has 1 aliphatic carbocycles. The Labute approximate surface area is 118 Å². The Bertz CT molecular complexity index is 496. The van der Waals surface area contributed by atoms with E-state index in [1.807, 2.05) is 0 Å². The lowest BCUT2D eigenvalue weighted by Gasteiger charge is -2.27. The van der Waals surface area contributed by atoms with Crippen LogP contribution in [0.3, 0.4) is 0 Å². The minimum atomic E-state index is -0.0533. The number of amides is 1. The maximum Gasteiger partial charge on any atom is 0.251 e. The number of hydrogen-bond acceptors (Lipinski definition) is 4. The van der Waals surface area contributed by atoms with E-state index in [2.05, 4.69) is 5.32 Å². The predicted octanol–water partition coefficient (Wildman–Crippen LogP) is 1.46. The molecule has 0 radical (unpaired) electrons. The molecule has 20 heavy (non-hydrogen) atoms. The fraction of sp³-hybridized carbons (Fsp3) is 0.533. The van der Waals surface area contributed by atoms with Crippen LogP contribution in [-0.4, -0.2) is 31.2 Å². The molecule has 108 valence electrons. The summed E-state index contributed by atoms with van der Waals surface area (Å²) in [6.45, 7) is 1.08. The Morgan fingerprint density at radius 1 is 1.10 bits per heavy atom. The predicted molar refractivity (Wildman–Crippen MR) is 75.1 cm³/mol. The van der Waals surface area contributed by atoms with Crippen LogP contribution in [0.2, 0.25) is 0 Å². The molecule has 3 N–H and O–H groups in total. The molecule has 1 aromatic carbocycles. The first-order valence-corrected chi connectivity index (χ1v) is 7.18. The van der Waals surface area contributed by atoms with Crippen LogP contribution < -0.4 is 20.5 Å². The number of nitrogens with two attached hydrogens (primary N) is 1. The first-order chi connectivity index (χ1) is 9.72. The molecule has 1 fully saturated rings. The normalized spacial score (nSPS) is 25.1. The van der Waals surface area contributed by atoms with E-state index in [4.69, 9.17) is 15.2 Å². The topological polar surface area (TPSA) is 73.6 Å². The van der Waals surface area contributed by atoms with Crippen LogP contribution in [0.5, 0.6) is 11.5 Å². The number of hydrogen-bond donors (Lipinski definition) is 2. The second kappa shape index (κ2) is 5.71. The van der Waals surface area contributed by atoms with Gasteiger partial charge in [0.1, 0.15) is 13.2 Å². The van der Waals surface area contributed by atoms with Gasteiger partial charge in [0.05, 0.1) is 0 Å². The van der Waals surface area contributed by atoms with Gasteiger partial charge < -0.3 is 20.5 Å². The van der Waals surface area contributed by atoms with Crippen LogP contribution in [0.25, 0.3) is 0 Å². The molecule has 5 heteroatoms. The molecule has 1 saturated carbocycles. The molecule has 0 atom stereocenters. The van der Waals surface area contributed by atoms with Gasteiger partial charge in [-0.25, -0.2) is 0 Å². The minimum absolute atomic E-state index is 0.0533. The molecule has 0 spiro atoms. The van der Waals surface area contributed by atoms with E-state index in [9.17, 15) is 4.79 Å². The fourth-order valence-corrected chi connectivity index (χ4v) is 2.72. The van der Waals surface area contributed by atoms with Crippen molar-refractivity contribution in [3.63, 3.8) is 0 Å². The number of carbonyl (C=O) groups excluding carboxylic acids is 1. The number of benzene rings is 1. The van der Waals surface area contributed by atoms with Gasteiger partial charge in [0.25, 0.3) is 5.91 Å². The largest absolute Gasteiger partial charge is 0.486 e. The quantitative estimate of drug-likeness (QED) is 0.857. The Hall–Kier alpha value is -1.75. The van der Waals surface area contributed by atoms with E-state index in [0.717, 1.165) is 25.7 Å². The van der Waals surface area contributed by atoms with Crippen LogP contribution in [0, 0.1) is 0 Å². The average Bonchev–Trinajstić information content (AvgIpc) is 2.49. The third kappa shape index (κ3) is 2.88. The summed E-state index contributed by atoms with van der Waals surface area (Å²) in [7, 11) is 0. The number of carbonyl (C=O) groups is 1. The van der Waals surface area contributed by atoms with Gasteiger partial charge in [-0.1, -0.05) is 0 Å². The van der Waals surface area contributed by atoms with Crippen LogP contribution in [0.1, 0.15) is 36.0 Å². The van der Waals surface area contributed by atoms with Crippen molar-refractivity contribution in [1.29, 1.82) is 0 Å². The van der Waals surface area contributed by atoms with Crippen molar-refractivity contribution in [2.24, 2.45) is 5.73 Å². The second-order valence-electron chi connectivity index (χ2n) is 5.44. The molecule has 1 heterocycles. The van der Waals surface area contributed by atoms with E-state index in [-0.39, 0.29) is 18.0 Å². The highest BCUT2D eigenvalue weighted by atomic mass is 16.6. The standard InChI is InChI=1S/C15H20N2O3/c16-11-2-4-12(5-3-11)17-15(18)10-1-6-13-14(9-10)20-8-7-19-13/h1,6,9,11-12H,2-5,7-8,16H2,(H,17,18). The van der Waals surface area contributed by atoms with E-state index >= 15 is 0 Å². The third-order valence-electron chi connectivity index (χ3n) is 3.91. The molecule has 0 saturated heterocycles. The second-order valence-corrected chi connectivity index (χ2v) is 5.44. The van der Waals surface area contributed by atoms with Gasteiger partial charge in [0, 0.05) is 17.6 Å². The maximum absolute atomic E-state index is 12.2. The molecule has 0 aromatic heterocycles. The lowest BCUT2D eigenvalue weighted by Crippen LogP contribution is -2.40. The summed E-state index contributed by atoms with van der Waals surface area (Å²) in [6, 6.07) is 5.84. The zero-order valence-corrected chi connectivity index (χ0v) is 11.4. The fourth-order valence-electron chi connectivity index (χ4n) is 2.72. The van der Waals surface area contributed by atoms with Crippen LogP contribution >= 0.6 is 0 Å². The first kappa shape index (κ1) is 13.2. The van der Waals surface area contributed by atoms with Crippen molar-refractivity contribution in [2.75, 3.05) is 13.2 Å². The first-order valence-electron chi connectivity index (χ1n) is 7.18. The van der Waals surface area contributed by atoms with Gasteiger partial charge in [-0.3, -0.25) is 4.79 Å². The SMILES string of the molecule is NC1CCC(NC(=O)c2ccc3c(c2)OCCO3)CC1. The number of rotatable bonds is 2. The van der Waals surface area contributed by atoms with Crippen molar-refractivity contribution in [1.82, 2.24) is 5.32 Å². The molecular weight excluding hydrogens is 256 g/mol. The lowest BCUT2D eigenvalue weighted by molar-refractivity contribution is 0.0924. The highest BCUT2D eigenvalue weighted by Gasteiger charge is 2.21. The van der Waals surface area contributed by atoms with Crippen molar-refractivity contribution in [2.45, 2.75) is 37.8 Å². The van der Waals surface area contributed by atoms with Gasteiger partial charge in [0.2, 0.25) is 0 Å². The molecule has 1 aromatic rings. The molecular formula is C15H20N2O3. The minimum Gasteiger partial charge on any atom is -0.486 e. The molecule has 1 amide bonds. The van der Waals surface area contributed by atoms with Crippen LogP contribution in [-0.2, 0) is 0 Å². The van der Waals surface area contributed by atoms with Crippen molar-refractivity contribution >= 4 is 5.91 Å². The number of nitrogens with one attached hydrogen (secondary N) is 1. The Balaban J connectivity index is 1.65. The van der Waals surface area contributed by atoms with E-state index < -0.39 is 0 Å². The Morgan fingerprint density at radius 3 is 2.55 bits per heavy atom. The Kier molecular flexibility index (Phi) is 3.78. The number of ether oxygens (including phenoxy) is 2. The summed E-state index contributed by atoms with van der Waals surface area (Å²) in [4.78, 5) is 12.2. The zero-order chi connectivity index (χ0) is 13.9. The lowest BCUT2D eigenvalue weighted by atomic mass is 9.91. The summed E-state index contributed by atoms with van der Waals surface area (Å²) < 4.78 is 10.9. The number of fused-ring (bicyclic) bond motifs is 1. The molecule has 0 bridgehead atoms. The van der Waals surface area contributed by atoms with E-state index in [0.29, 0.717) is 30.3 Å². The van der Waals surface area contributed by atoms with E-state index in [1.54, 1.807) is 18.2 Å². The van der Waals surface area contributed by atoms with Gasteiger partial charge in [-0.2, -0.15) is 0 Å².